The van der Waals surface area contributed by atoms with E-state index in [0.29, 0.717) is 13.0 Å². The molecule has 1 heterocycles. The van der Waals surface area contributed by atoms with Gasteiger partial charge in [-0.1, -0.05) is 53.5 Å². The summed E-state index contributed by atoms with van der Waals surface area (Å²) >= 11 is 0. The molecule has 3 aliphatic rings. The minimum Gasteiger partial charge on any atom is -0.444 e. The molecule has 218 valence electrons. The predicted molar refractivity (Wildman–Crippen MR) is 146 cm³/mol. The highest BCUT2D eigenvalue weighted by Crippen LogP contribution is 2.65. The number of piperidine rings is 1. The summed E-state index contributed by atoms with van der Waals surface area (Å²) in [6.07, 6.45) is 3.05. The number of Topliss-reactive ketones (excluding diaryl/α,β-unsaturated/α-hetero) is 1. The number of alkyl carbamates (subject to hydrolysis) is 1. The van der Waals surface area contributed by atoms with Crippen LogP contribution in [0.2, 0.25) is 0 Å². The van der Waals surface area contributed by atoms with Crippen molar-refractivity contribution in [3.8, 4) is 0 Å². The average molecular weight is 547 g/mol. The Labute approximate surface area is 232 Å². The minimum absolute atomic E-state index is 0.0881. The van der Waals surface area contributed by atoms with Crippen LogP contribution in [0, 0.1) is 28.6 Å². The van der Waals surface area contributed by atoms with Crippen LogP contribution in [-0.4, -0.2) is 71.3 Å². The summed E-state index contributed by atoms with van der Waals surface area (Å²) in [7, 11) is 0. The summed E-state index contributed by atoms with van der Waals surface area (Å²) in [4.78, 5) is 67.3. The molecule has 0 radical (unpaired) electrons. The summed E-state index contributed by atoms with van der Waals surface area (Å²) in [5.41, 5.74) is -1.55. The fourth-order valence-corrected chi connectivity index (χ4v) is 5.64. The molecule has 0 aromatic heterocycles. The van der Waals surface area contributed by atoms with Gasteiger partial charge in [-0.25, -0.2) is 4.79 Å². The van der Waals surface area contributed by atoms with Crippen LogP contribution in [-0.2, 0) is 23.9 Å². The van der Waals surface area contributed by atoms with Crippen LogP contribution in [0.4, 0.5) is 4.79 Å². The van der Waals surface area contributed by atoms with E-state index in [1.165, 1.54) is 6.08 Å². The lowest BCUT2D eigenvalue weighted by molar-refractivity contribution is -0.145. The molecule has 3 fully saturated rings. The van der Waals surface area contributed by atoms with Crippen LogP contribution < -0.4 is 16.0 Å². The zero-order chi connectivity index (χ0) is 29.5. The number of rotatable bonds is 10. The Morgan fingerprint density at radius 2 is 1.67 bits per heavy atom. The van der Waals surface area contributed by atoms with Crippen molar-refractivity contribution >= 4 is 29.6 Å². The van der Waals surface area contributed by atoms with Gasteiger partial charge in [-0.05, 0) is 55.8 Å². The van der Waals surface area contributed by atoms with E-state index in [1.54, 1.807) is 25.7 Å². The van der Waals surface area contributed by atoms with Crippen LogP contribution in [0.15, 0.2) is 12.7 Å². The number of amides is 4. The quantitative estimate of drug-likeness (QED) is 0.285. The number of ketones is 1. The number of carbonyl (C=O) groups excluding carboxylic acids is 5. The summed E-state index contributed by atoms with van der Waals surface area (Å²) < 4.78 is 5.40. The number of carbonyl (C=O) groups is 5. The van der Waals surface area contributed by atoms with Crippen LogP contribution in [0.5, 0.6) is 0 Å². The van der Waals surface area contributed by atoms with E-state index < -0.39 is 52.8 Å². The molecule has 39 heavy (non-hydrogen) atoms. The van der Waals surface area contributed by atoms with Crippen molar-refractivity contribution in [3.63, 3.8) is 0 Å². The molecule has 3 rings (SSSR count). The lowest BCUT2D eigenvalue weighted by Crippen LogP contribution is -2.60. The van der Waals surface area contributed by atoms with Gasteiger partial charge in [-0.3, -0.25) is 19.2 Å². The van der Waals surface area contributed by atoms with Crippen molar-refractivity contribution < 1.29 is 28.7 Å². The Bertz CT molecular complexity index is 1020. The molecule has 5 atom stereocenters. The van der Waals surface area contributed by atoms with Crippen molar-refractivity contribution in [2.45, 2.75) is 98.4 Å². The van der Waals surface area contributed by atoms with Crippen LogP contribution in [0.3, 0.4) is 0 Å². The smallest absolute Gasteiger partial charge is 0.408 e. The maximum atomic E-state index is 14.0. The number of nitrogens with one attached hydrogen (secondary N) is 3. The van der Waals surface area contributed by atoms with E-state index in [4.69, 9.17) is 4.74 Å². The molecule has 0 bridgehead atoms. The van der Waals surface area contributed by atoms with Gasteiger partial charge in [0.05, 0.1) is 6.04 Å². The lowest BCUT2D eigenvalue weighted by Gasteiger charge is -2.38. The highest BCUT2D eigenvalue weighted by molar-refractivity contribution is 6.38. The standard InChI is InChI=1S/C29H46N4O6/c1-10-13-30-24(36)21(34)18(14-16-11-12-16)31-23(35)20-19-17(29(19,8)9)15-33(20)25(37)22(27(2,3)4)32-26(38)39-28(5,6)7/h10,16-20,22H,1,11-15H2,2-9H3,(H,30,36)(H,31,35)(H,32,38)/t17-,18?,19?,20-,22?/m0/s1. The Kier molecular flexibility index (Phi) is 8.58. The van der Waals surface area contributed by atoms with Gasteiger partial charge >= 0.3 is 6.09 Å². The molecule has 1 aliphatic heterocycles. The van der Waals surface area contributed by atoms with Crippen LogP contribution >= 0.6 is 0 Å². The van der Waals surface area contributed by atoms with Crippen LogP contribution in [0.1, 0.15) is 74.7 Å². The van der Waals surface area contributed by atoms with Gasteiger partial charge in [0.1, 0.15) is 17.7 Å². The predicted octanol–water partition coefficient (Wildman–Crippen LogP) is 2.57. The second kappa shape index (κ2) is 10.9. The van der Waals surface area contributed by atoms with Crippen molar-refractivity contribution in [1.82, 2.24) is 20.9 Å². The van der Waals surface area contributed by atoms with E-state index >= 15 is 0 Å². The summed E-state index contributed by atoms with van der Waals surface area (Å²) in [6.45, 7) is 19.0. The fraction of sp³-hybridized carbons (Fsp3) is 0.759. The molecule has 0 spiro atoms. The van der Waals surface area contributed by atoms with Crippen LogP contribution in [0.25, 0.3) is 0 Å². The van der Waals surface area contributed by atoms with Gasteiger partial charge in [0.15, 0.2) is 0 Å². The molecule has 0 aromatic carbocycles. The number of ether oxygens (including phenoxy) is 1. The van der Waals surface area contributed by atoms with E-state index in [0.717, 1.165) is 12.8 Å². The SMILES string of the molecule is C=CCNC(=O)C(=O)C(CC1CC1)NC(=O)[C@@H]1C2[C@H](CN1C(=O)C(NC(=O)OC(C)(C)C)C(C)(C)C)C2(C)C. The largest absolute Gasteiger partial charge is 0.444 e. The third-order valence-corrected chi connectivity index (χ3v) is 8.06. The van der Waals surface area contributed by atoms with Crippen molar-refractivity contribution in [1.29, 1.82) is 0 Å². The monoisotopic (exact) mass is 546 g/mol. The normalized spacial score (nSPS) is 25.0. The summed E-state index contributed by atoms with van der Waals surface area (Å²) in [5, 5.41) is 8.06. The Hall–Kier alpha value is -2.91. The minimum atomic E-state index is -0.967. The number of fused-ring (bicyclic) bond motifs is 1. The van der Waals surface area contributed by atoms with Gasteiger partial charge in [0, 0.05) is 13.1 Å². The third kappa shape index (κ3) is 7.19. The molecule has 3 unspecified atom stereocenters. The highest BCUT2D eigenvalue weighted by atomic mass is 16.6. The maximum Gasteiger partial charge on any atom is 0.408 e. The molecule has 10 nitrogen and oxygen atoms in total. The van der Waals surface area contributed by atoms with Gasteiger partial charge in [0.25, 0.3) is 5.91 Å². The van der Waals surface area contributed by atoms with Gasteiger partial charge in [0.2, 0.25) is 17.6 Å². The zero-order valence-electron chi connectivity index (χ0n) is 24.7. The summed E-state index contributed by atoms with van der Waals surface area (Å²) in [5.74, 6) is -1.96. The van der Waals surface area contributed by atoms with E-state index in [-0.39, 0.29) is 35.6 Å². The van der Waals surface area contributed by atoms with Gasteiger partial charge in [-0.15, -0.1) is 6.58 Å². The van der Waals surface area contributed by atoms with Crippen molar-refractivity contribution in [3.05, 3.63) is 12.7 Å². The van der Waals surface area contributed by atoms with Crippen molar-refractivity contribution in [2.24, 2.45) is 28.6 Å². The number of likely N-dealkylation sites (tertiary alicyclic amines) is 1. The van der Waals surface area contributed by atoms with Gasteiger partial charge < -0.3 is 25.6 Å². The number of nitrogens with zero attached hydrogens (tertiary/aromatic N) is 1. The molecule has 10 heteroatoms. The first kappa shape index (κ1) is 30.6. The summed E-state index contributed by atoms with van der Waals surface area (Å²) in [6, 6.07) is -2.71. The number of hydrogen-bond donors (Lipinski definition) is 3. The molecular weight excluding hydrogens is 500 g/mol. The van der Waals surface area contributed by atoms with E-state index in [1.807, 2.05) is 20.8 Å². The van der Waals surface area contributed by atoms with E-state index in [2.05, 4.69) is 36.4 Å². The zero-order valence-corrected chi connectivity index (χ0v) is 24.7. The number of hydrogen-bond acceptors (Lipinski definition) is 6. The molecule has 0 aromatic rings. The Morgan fingerprint density at radius 3 is 2.18 bits per heavy atom. The first-order chi connectivity index (χ1) is 17.9. The molecule has 1 saturated heterocycles. The average Bonchev–Trinajstić information content (AvgIpc) is 3.65. The Morgan fingerprint density at radius 1 is 1.05 bits per heavy atom. The van der Waals surface area contributed by atoms with Crippen molar-refractivity contribution in [2.75, 3.05) is 13.1 Å². The molecule has 4 amide bonds. The first-order valence-electron chi connectivity index (χ1n) is 13.9. The fourth-order valence-electron chi connectivity index (χ4n) is 5.64. The molecular formula is C29H46N4O6. The maximum absolute atomic E-state index is 14.0. The highest BCUT2D eigenvalue weighted by Gasteiger charge is 2.70. The molecule has 3 N–H and O–H groups in total. The molecule has 2 aliphatic carbocycles. The second-order valence-electron chi connectivity index (χ2n) is 13.9. The third-order valence-electron chi connectivity index (χ3n) is 8.06. The first-order valence-corrected chi connectivity index (χ1v) is 13.9. The lowest BCUT2D eigenvalue weighted by atomic mass is 9.85. The molecule has 2 saturated carbocycles. The van der Waals surface area contributed by atoms with Gasteiger partial charge in [-0.2, -0.15) is 0 Å². The van der Waals surface area contributed by atoms with E-state index in [9.17, 15) is 24.0 Å². The Balaban J connectivity index is 1.82. The topological polar surface area (TPSA) is 134 Å². The second-order valence-corrected chi connectivity index (χ2v) is 13.9.